The van der Waals surface area contributed by atoms with E-state index in [0.717, 1.165) is 24.9 Å². The van der Waals surface area contributed by atoms with Crippen LogP contribution in [0.4, 0.5) is 17.1 Å². The van der Waals surface area contributed by atoms with E-state index in [1.54, 1.807) is 18.2 Å². The van der Waals surface area contributed by atoms with Gasteiger partial charge in [0.05, 0.1) is 11.9 Å². The fourth-order valence-corrected chi connectivity index (χ4v) is 3.93. The zero-order chi connectivity index (χ0) is 20.3. The third-order valence-corrected chi connectivity index (χ3v) is 6.35. The molecule has 28 heavy (non-hydrogen) atoms. The second-order valence-corrected chi connectivity index (χ2v) is 9.29. The third-order valence-electron chi connectivity index (χ3n) is 5.15. The van der Waals surface area contributed by atoms with E-state index in [1.165, 1.54) is 36.3 Å². The van der Waals surface area contributed by atoms with Crippen LogP contribution in [0.25, 0.3) is 0 Å². The Morgan fingerprint density at radius 1 is 1.04 bits per heavy atom. The van der Waals surface area contributed by atoms with Crippen LogP contribution in [0.15, 0.2) is 42.5 Å². The van der Waals surface area contributed by atoms with Gasteiger partial charge in [-0.1, -0.05) is 6.07 Å². The van der Waals surface area contributed by atoms with Gasteiger partial charge in [0.1, 0.15) is 0 Å². The second kappa shape index (κ2) is 8.22. The van der Waals surface area contributed by atoms with Crippen LogP contribution in [0, 0.1) is 6.92 Å². The number of carbonyl (C=O) groups excluding carboxylic acids is 1. The molecule has 7 heteroatoms. The molecule has 0 unspecified atom stereocenters. The lowest BCUT2D eigenvalue weighted by atomic mass is 10.1. The number of rotatable bonds is 5. The first-order chi connectivity index (χ1) is 13.3. The average molecular weight is 402 g/mol. The number of anilines is 3. The molecule has 1 heterocycles. The molecule has 0 aromatic heterocycles. The van der Waals surface area contributed by atoms with Crippen molar-refractivity contribution in [3.05, 3.63) is 53.6 Å². The molecule has 1 saturated heterocycles. The van der Waals surface area contributed by atoms with Gasteiger partial charge in [-0.15, -0.1) is 0 Å². The van der Waals surface area contributed by atoms with Crippen molar-refractivity contribution in [2.45, 2.75) is 26.2 Å². The van der Waals surface area contributed by atoms with Gasteiger partial charge >= 0.3 is 0 Å². The van der Waals surface area contributed by atoms with E-state index in [4.69, 9.17) is 0 Å². The van der Waals surface area contributed by atoms with Gasteiger partial charge in [0.15, 0.2) is 0 Å². The van der Waals surface area contributed by atoms with Crippen molar-refractivity contribution in [3.8, 4) is 0 Å². The van der Waals surface area contributed by atoms with Crippen LogP contribution in [0.1, 0.15) is 35.2 Å². The summed E-state index contributed by atoms with van der Waals surface area (Å²) in [7, 11) is -1.91. The Morgan fingerprint density at radius 3 is 2.29 bits per heavy atom. The number of hydrogen-bond donors (Lipinski definition) is 1. The largest absolute Gasteiger partial charge is 0.372 e. The molecule has 1 N–H and O–H groups in total. The summed E-state index contributed by atoms with van der Waals surface area (Å²) < 4.78 is 24.9. The van der Waals surface area contributed by atoms with Gasteiger partial charge in [-0.25, -0.2) is 8.42 Å². The molecule has 0 bridgehead atoms. The number of aryl methyl sites for hydroxylation is 1. The maximum absolute atomic E-state index is 12.6. The SMILES string of the molecule is Cc1ccc(C(=O)Nc2ccc(N3CCCCC3)cc2)cc1N(C)S(C)(=O)=O. The first kappa shape index (κ1) is 20.2. The van der Waals surface area contributed by atoms with Gasteiger partial charge < -0.3 is 10.2 Å². The minimum absolute atomic E-state index is 0.270. The summed E-state index contributed by atoms with van der Waals surface area (Å²) >= 11 is 0. The molecule has 0 aliphatic carbocycles. The predicted molar refractivity (Wildman–Crippen MR) is 115 cm³/mol. The predicted octanol–water partition coefficient (Wildman–Crippen LogP) is 3.63. The van der Waals surface area contributed by atoms with E-state index < -0.39 is 10.0 Å². The first-order valence-electron chi connectivity index (χ1n) is 9.46. The Bertz CT molecular complexity index is 949. The van der Waals surface area contributed by atoms with E-state index in [2.05, 4.69) is 10.2 Å². The molecule has 2 aromatic rings. The number of hydrogen-bond acceptors (Lipinski definition) is 4. The standard InChI is InChI=1S/C21H27N3O3S/c1-16-7-8-17(15-20(16)23(2)28(3,26)27)21(25)22-18-9-11-19(12-10-18)24-13-5-4-6-14-24/h7-12,15H,4-6,13-14H2,1-3H3,(H,22,25). The molecule has 0 spiro atoms. The van der Waals surface area contributed by atoms with Gasteiger partial charge in [0, 0.05) is 37.1 Å². The van der Waals surface area contributed by atoms with Gasteiger partial charge in [-0.05, 0) is 68.1 Å². The van der Waals surface area contributed by atoms with Crippen molar-refractivity contribution in [3.63, 3.8) is 0 Å². The zero-order valence-corrected chi connectivity index (χ0v) is 17.4. The van der Waals surface area contributed by atoms with Crippen molar-refractivity contribution in [1.82, 2.24) is 0 Å². The lowest BCUT2D eigenvalue weighted by Crippen LogP contribution is -2.29. The summed E-state index contributed by atoms with van der Waals surface area (Å²) in [6.07, 6.45) is 4.87. The zero-order valence-electron chi connectivity index (χ0n) is 16.6. The highest BCUT2D eigenvalue weighted by Crippen LogP contribution is 2.25. The van der Waals surface area contributed by atoms with E-state index in [9.17, 15) is 13.2 Å². The number of sulfonamides is 1. The van der Waals surface area contributed by atoms with Crippen LogP contribution < -0.4 is 14.5 Å². The van der Waals surface area contributed by atoms with Crippen LogP contribution in [0.5, 0.6) is 0 Å². The minimum Gasteiger partial charge on any atom is -0.372 e. The summed E-state index contributed by atoms with van der Waals surface area (Å²) in [6, 6.07) is 12.9. The van der Waals surface area contributed by atoms with Crippen LogP contribution in [0.3, 0.4) is 0 Å². The van der Waals surface area contributed by atoms with Crippen molar-refractivity contribution >= 4 is 33.0 Å². The molecule has 0 atom stereocenters. The highest BCUT2D eigenvalue weighted by molar-refractivity contribution is 7.92. The molecule has 1 amide bonds. The highest BCUT2D eigenvalue weighted by atomic mass is 32.2. The smallest absolute Gasteiger partial charge is 0.255 e. The number of piperidine rings is 1. The molecule has 2 aromatic carbocycles. The lowest BCUT2D eigenvalue weighted by Gasteiger charge is -2.28. The van der Waals surface area contributed by atoms with Crippen molar-refractivity contribution in [1.29, 1.82) is 0 Å². The Labute approximate surface area is 167 Å². The monoisotopic (exact) mass is 401 g/mol. The Hall–Kier alpha value is -2.54. The van der Waals surface area contributed by atoms with Gasteiger partial charge in [-0.2, -0.15) is 0 Å². The number of benzene rings is 2. The second-order valence-electron chi connectivity index (χ2n) is 7.28. The van der Waals surface area contributed by atoms with Crippen molar-refractivity contribution in [2.24, 2.45) is 0 Å². The van der Waals surface area contributed by atoms with Crippen molar-refractivity contribution in [2.75, 3.05) is 40.9 Å². The number of carbonyl (C=O) groups is 1. The van der Waals surface area contributed by atoms with E-state index in [-0.39, 0.29) is 5.91 Å². The molecule has 0 radical (unpaired) electrons. The molecule has 150 valence electrons. The maximum Gasteiger partial charge on any atom is 0.255 e. The fourth-order valence-electron chi connectivity index (χ4n) is 3.38. The molecule has 0 saturated carbocycles. The molecular weight excluding hydrogens is 374 g/mol. The van der Waals surface area contributed by atoms with Gasteiger partial charge in [0.2, 0.25) is 10.0 Å². The van der Waals surface area contributed by atoms with Crippen LogP contribution in [-0.2, 0) is 10.0 Å². The van der Waals surface area contributed by atoms with E-state index in [1.807, 2.05) is 31.2 Å². The average Bonchev–Trinajstić information content (AvgIpc) is 2.68. The summed E-state index contributed by atoms with van der Waals surface area (Å²) in [5, 5.41) is 2.89. The maximum atomic E-state index is 12.6. The molecule has 3 rings (SSSR count). The van der Waals surface area contributed by atoms with E-state index in [0.29, 0.717) is 16.9 Å². The third kappa shape index (κ3) is 4.65. The molecule has 1 fully saturated rings. The van der Waals surface area contributed by atoms with Gasteiger partial charge in [0.25, 0.3) is 5.91 Å². The highest BCUT2D eigenvalue weighted by Gasteiger charge is 2.17. The topological polar surface area (TPSA) is 69.7 Å². The van der Waals surface area contributed by atoms with Crippen LogP contribution in [-0.4, -0.2) is 40.7 Å². The van der Waals surface area contributed by atoms with Crippen molar-refractivity contribution < 1.29 is 13.2 Å². The van der Waals surface area contributed by atoms with Crippen LogP contribution >= 0.6 is 0 Å². The molecule has 1 aliphatic rings. The Kier molecular flexibility index (Phi) is 5.93. The summed E-state index contributed by atoms with van der Waals surface area (Å²) in [4.78, 5) is 15.0. The molecular formula is C21H27N3O3S. The molecule has 6 nitrogen and oxygen atoms in total. The normalized spacial score (nSPS) is 14.6. The fraction of sp³-hybridized carbons (Fsp3) is 0.381. The number of nitrogens with one attached hydrogen (secondary N) is 1. The lowest BCUT2D eigenvalue weighted by molar-refractivity contribution is 0.102. The van der Waals surface area contributed by atoms with E-state index >= 15 is 0 Å². The summed E-state index contributed by atoms with van der Waals surface area (Å²) in [5.74, 6) is -0.270. The summed E-state index contributed by atoms with van der Waals surface area (Å²) in [6.45, 7) is 3.97. The quantitative estimate of drug-likeness (QED) is 0.831. The Morgan fingerprint density at radius 2 is 1.68 bits per heavy atom. The van der Waals surface area contributed by atoms with Crippen LogP contribution in [0.2, 0.25) is 0 Å². The van der Waals surface area contributed by atoms with Gasteiger partial charge in [-0.3, -0.25) is 9.10 Å². The Balaban J connectivity index is 1.74. The molecule has 1 aliphatic heterocycles. The minimum atomic E-state index is -3.40. The first-order valence-corrected chi connectivity index (χ1v) is 11.3. The number of nitrogens with zero attached hydrogens (tertiary/aromatic N) is 2. The number of amides is 1. The summed E-state index contributed by atoms with van der Waals surface area (Å²) in [5.41, 5.74) is 3.58.